The van der Waals surface area contributed by atoms with Crippen LogP contribution in [0.25, 0.3) is 0 Å². The van der Waals surface area contributed by atoms with Gasteiger partial charge in [-0.1, -0.05) is 48.5 Å². The highest BCUT2D eigenvalue weighted by Crippen LogP contribution is 2.31. The average molecular weight is 371 g/mol. The van der Waals surface area contributed by atoms with E-state index < -0.39 is 6.10 Å². The minimum atomic E-state index is -0.592. The zero-order chi connectivity index (χ0) is 19.5. The van der Waals surface area contributed by atoms with Crippen molar-refractivity contribution in [3.63, 3.8) is 0 Å². The number of aliphatic hydroxyl groups is 1. The van der Waals surface area contributed by atoms with Crippen molar-refractivity contribution >= 4 is 0 Å². The van der Waals surface area contributed by atoms with Crippen LogP contribution in [-0.2, 0) is 17.8 Å². The molecular formula is C22H29NO4. The summed E-state index contributed by atoms with van der Waals surface area (Å²) in [6, 6.07) is 16.0. The van der Waals surface area contributed by atoms with Gasteiger partial charge in [0.05, 0.1) is 33.5 Å². The summed E-state index contributed by atoms with van der Waals surface area (Å²) in [5.41, 5.74) is 2.19. The summed E-state index contributed by atoms with van der Waals surface area (Å²) in [7, 11) is 3.27. The Labute approximate surface area is 161 Å². The van der Waals surface area contributed by atoms with Crippen LogP contribution in [0, 0.1) is 0 Å². The molecule has 0 heterocycles. The predicted octanol–water partition coefficient (Wildman–Crippen LogP) is 3.27. The summed E-state index contributed by atoms with van der Waals surface area (Å²) in [5, 5.41) is 10.4. The lowest BCUT2D eigenvalue weighted by molar-refractivity contribution is 0.0227. The Hall–Kier alpha value is -2.34. The largest absolute Gasteiger partial charge is 0.493 e. The lowest BCUT2D eigenvalue weighted by Crippen LogP contribution is -2.34. The fourth-order valence-corrected chi connectivity index (χ4v) is 2.98. The van der Waals surface area contributed by atoms with E-state index >= 15 is 0 Å². The number of para-hydroxylation sites is 1. The Morgan fingerprint density at radius 3 is 2.48 bits per heavy atom. The van der Waals surface area contributed by atoms with Crippen LogP contribution in [-0.4, -0.2) is 50.1 Å². The van der Waals surface area contributed by atoms with Gasteiger partial charge in [0, 0.05) is 25.2 Å². The number of rotatable bonds is 12. The maximum Gasteiger partial charge on any atom is 0.165 e. The molecule has 0 fully saturated rings. The third kappa shape index (κ3) is 6.71. The molecule has 0 saturated carbocycles. The Morgan fingerprint density at radius 1 is 1.04 bits per heavy atom. The van der Waals surface area contributed by atoms with Gasteiger partial charge in [0.25, 0.3) is 0 Å². The van der Waals surface area contributed by atoms with Gasteiger partial charge in [0.2, 0.25) is 0 Å². The number of ether oxygens (including phenoxy) is 3. The molecule has 2 aromatic carbocycles. The molecule has 0 aliphatic rings. The molecule has 0 aliphatic carbocycles. The Balaban J connectivity index is 2.15. The van der Waals surface area contributed by atoms with Gasteiger partial charge >= 0.3 is 0 Å². The van der Waals surface area contributed by atoms with Crippen molar-refractivity contribution in [2.45, 2.75) is 19.2 Å². The zero-order valence-corrected chi connectivity index (χ0v) is 16.1. The lowest BCUT2D eigenvalue weighted by atomic mass is 10.1. The molecule has 0 aliphatic heterocycles. The summed E-state index contributed by atoms with van der Waals surface area (Å²) < 4.78 is 16.3. The van der Waals surface area contributed by atoms with Crippen molar-refractivity contribution < 1.29 is 19.3 Å². The van der Waals surface area contributed by atoms with Crippen LogP contribution in [0.1, 0.15) is 11.1 Å². The second-order valence-electron chi connectivity index (χ2n) is 6.29. The molecule has 5 nitrogen and oxygen atoms in total. The number of methoxy groups -OCH3 is 2. The SMILES string of the molecule is C=CCOC[C@H](O)CN(Cc1ccccc1)Cc1cccc(OC)c1OC. The summed E-state index contributed by atoms with van der Waals surface area (Å²) in [6.07, 6.45) is 1.08. The van der Waals surface area contributed by atoms with E-state index in [9.17, 15) is 5.11 Å². The third-order valence-corrected chi connectivity index (χ3v) is 4.14. The molecule has 0 bridgehead atoms. The van der Waals surface area contributed by atoms with Crippen LogP contribution in [0.15, 0.2) is 61.2 Å². The van der Waals surface area contributed by atoms with Crippen molar-refractivity contribution in [2.75, 3.05) is 34.0 Å². The van der Waals surface area contributed by atoms with Gasteiger partial charge in [-0.3, -0.25) is 4.90 Å². The van der Waals surface area contributed by atoms with Gasteiger partial charge in [-0.2, -0.15) is 0 Å². The lowest BCUT2D eigenvalue weighted by Gasteiger charge is -2.26. The number of aliphatic hydroxyl groups excluding tert-OH is 1. The quantitative estimate of drug-likeness (QED) is 0.458. The molecule has 146 valence electrons. The molecule has 0 amide bonds. The summed E-state index contributed by atoms with van der Waals surface area (Å²) in [4.78, 5) is 2.18. The smallest absolute Gasteiger partial charge is 0.165 e. The molecule has 5 heteroatoms. The summed E-state index contributed by atoms with van der Waals surface area (Å²) in [6.45, 7) is 6.13. The van der Waals surface area contributed by atoms with E-state index in [4.69, 9.17) is 14.2 Å². The van der Waals surface area contributed by atoms with Gasteiger partial charge < -0.3 is 19.3 Å². The highest BCUT2D eigenvalue weighted by atomic mass is 16.5. The van der Waals surface area contributed by atoms with Crippen LogP contribution >= 0.6 is 0 Å². The molecule has 2 aromatic rings. The predicted molar refractivity (Wildman–Crippen MR) is 107 cm³/mol. The molecule has 0 aromatic heterocycles. The monoisotopic (exact) mass is 371 g/mol. The molecular weight excluding hydrogens is 342 g/mol. The van der Waals surface area contributed by atoms with E-state index in [1.807, 2.05) is 36.4 Å². The third-order valence-electron chi connectivity index (χ3n) is 4.14. The molecule has 0 saturated heterocycles. The first kappa shape index (κ1) is 21.0. The van der Waals surface area contributed by atoms with Crippen molar-refractivity contribution in [3.05, 3.63) is 72.3 Å². The Morgan fingerprint density at radius 2 is 1.81 bits per heavy atom. The normalized spacial score (nSPS) is 12.0. The zero-order valence-electron chi connectivity index (χ0n) is 16.1. The fourth-order valence-electron chi connectivity index (χ4n) is 2.98. The van der Waals surface area contributed by atoms with Crippen molar-refractivity contribution in [2.24, 2.45) is 0 Å². The first-order chi connectivity index (χ1) is 13.2. The van der Waals surface area contributed by atoms with Crippen LogP contribution in [0.5, 0.6) is 11.5 Å². The first-order valence-corrected chi connectivity index (χ1v) is 9.00. The fraction of sp³-hybridized carbons (Fsp3) is 0.364. The molecule has 1 N–H and O–H groups in total. The molecule has 0 spiro atoms. The minimum absolute atomic E-state index is 0.270. The molecule has 1 atom stereocenters. The van der Waals surface area contributed by atoms with E-state index in [0.29, 0.717) is 32.0 Å². The number of nitrogens with zero attached hydrogens (tertiary/aromatic N) is 1. The van der Waals surface area contributed by atoms with Gasteiger partial charge in [0.15, 0.2) is 11.5 Å². The van der Waals surface area contributed by atoms with Crippen molar-refractivity contribution in [1.82, 2.24) is 4.90 Å². The van der Waals surface area contributed by atoms with Crippen LogP contribution in [0.3, 0.4) is 0 Å². The van der Waals surface area contributed by atoms with Crippen molar-refractivity contribution in [3.8, 4) is 11.5 Å². The van der Waals surface area contributed by atoms with Gasteiger partial charge in [0.1, 0.15) is 0 Å². The molecule has 0 unspecified atom stereocenters. The maximum atomic E-state index is 10.4. The molecule has 27 heavy (non-hydrogen) atoms. The van der Waals surface area contributed by atoms with Gasteiger partial charge in [-0.15, -0.1) is 6.58 Å². The van der Waals surface area contributed by atoms with E-state index in [-0.39, 0.29) is 6.61 Å². The Kier molecular flexibility index (Phi) is 8.84. The first-order valence-electron chi connectivity index (χ1n) is 9.00. The molecule has 2 rings (SSSR count). The van der Waals surface area contributed by atoms with Crippen LogP contribution in [0.2, 0.25) is 0 Å². The van der Waals surface area contributed by atoms with Gasteiger partial charge in [-0.25, -0.2) is 0 Å². The highest BCUT2D eigenvalue weighted by Gasteiger charge is 2.17. The highest BCUT2D eigenvalue weighted by molar-refractivity contribution is 5.46. The van der Waals surface area contributed by atoms with E-state index in [1.165, 1.54) is 5.56 Å². The second kappa shape index (κ2) is 11.4. The van der Waals surface area contributed by atoms with Gasteiger partial charge in [-0.05, 0) is 11.6 Å². The van der Waals surface area contributed by atoms with Crippen LogP contribution < -0.4 is 9.47 Å². The topological polar surface area (TPSA) is 51.2 Å². The van der Waals surface area contributed by atoms with Crippen LogP contribution in [0.4, 0.5) is 0 Å². The van der Waals surface area contributed by atoms with E-state index in [0.717, 1.165) is 11.3 Å². The Bertz CT molecular complexity index is 690. The summed E-state index contributed by atoms with van der Waals surface area (Å²) >= 11 is 0. The number of benzene rings is 2. The number of hydrogen-bond acceptors (Lipinski definition) is 5. The van der Waals surface area contributed by atoms with E-state index in [2.05, 4.69) is 23.6 Å². The number of hydrogen-bond donors (Lipinski definition) is 1. The average Bonchev–Trinajstić information content (AvgIpc) is 2.68. The van der Waals surface area contributed by atoms with E-state index in [1.54, 1.807) is 20.3 Å². The summed E-state index contributed by atoms with van der Waals surface area (Å²) in [5.74, 6) is 1.42. The van der Waals surface area contributed by atoms with Crippen molar-refractivity contribution in [1.29, 1.82) is 0 Å². The second-order valence-corrected chi connectivity index (χ2v) is 6.29. The minimum Gasteiger partial charge on any atom is -0.493 e. The maximum absolute atomic E-state index is 10.4. The molecule has 0 radical (unpaired) electrons. The standard InChI is InChI=1S/C22H29NO4/c1-4-13-27-17-20(24)16-23(14-18-9-6-5-7-10-18)15-19-11-8-12-21(25-2)22(19)26-3/h4-12,20,24H,1,13-17H2,2-3H3/t20-/m1/s1.